The van der Waals surface area contributed by atoms with Crippen LogP contribution in [0.25, 0.3) is 11.1 Å². The van der Waals surface area contributed by atoms with Crippen LogP contribution in [-0.4, -0.2) is 40.3 Å². The van der Waals surface area contributed by atoms with Crippen LogP contribution < -0.4 is 20.8 Å². The molecule has 0 saturated heterocycles. The average molecular weight is 514 g/mol. The van der Waals surface area contributed by atoms with Crippen LogP contribution in [0.4, 0.5) is 5.82 Å². The van der Waals surface area contributed by atoms with Crippen molar-refractivity contribution in [2.45, 2.75) is 31.8 Å². The van der Waals surface area contributed by atoms with Crippen molar-refractivity contribution < 1.29 is 29.3 Å². The van der Waals surface area contributed by atoms with E-state index in [1.807, 2.05) is 22.6 Å². The van der Waals surface area contributed by atoms with Crippen molar-refractivity contribution in [3.63, 3.8) is 0 Å². The van der Waals surface area contributed by atoms with E-state index in [1.165, 1.54) is 13.2 Å². The molecule has 9 nitrogen and oxygen atoms in total. The van der Waals surface area contributed by atoms with E-state index in [0.717, 1.165) is 25.7 Å². The fourth-order valence-corrected chi connectivity index (χ4v) is 4.22. The number of aromatic carboxylic acids is 2. The smallest absolute Gasteiger partial charge is 0.342 e. The second kappa shape index (κ2) is 8.31. The Morgan fingerprint density at radius 2 is 1.79 bits per heavy atom. The number of nitrogen functional groups attached to an aromatic ring is 1. The van der Waals surface area contributed by atoms with Crippen molar-refractivity contribution in [1.82, 2.24) is 4.98 Å². The van der Waals surface area contributed by atoms with Gasteiger partial charge in [0.1, 0.15) is 16.9 Å². The highest BCUT2D eigenvalue weighted by atomic mass is 127. The van der Waals surface area contributed by atoms with Gasteiger partial charge in [-0.3, -0.25) is 4.79 Å². The van der Waals surface area contributed by atoms with Crippen LogP contribution in [0.15, 0.2) is 16.9 Å². The van der Waals surface area contributed by atoms with Crippen molar-refractivity contribution in [3.05, 3.63) is 37.2 Å². The molecule has 0 amide bonds. The molecule has 1 aromatic heterocycles. The number of H-pyrrole nitrogens is 1. The van der Waals surface area contributed by atoms with Crippen LogP contribution in [0, 0.1) is 3.57 Å². The van der Waals surface area contributed by atoms with Gasteiger partial charge in [-0.15, -0.1) is 0 Å². The minimum Gasteiger partial charge on any atom is -0.493 e. The third-order valence-corrected chi connectivity index (χ3v) is 5.58. The summed E-state index contributed by atoms with van der Waals surface area (Å²) in [6.07, 6.45) is 4.08. The van der Waals surface area contributed by atoms with Crippen molar-refractivity contribution in [3.8, 4) is 22.6 Å². The number of hydrogen-bond acceptors (Lipinski definition) is 6. The van der Waals surface area contributed by atoms with Gasteiger partial charge in [-0.25, -0.2) is 9.59 Å². The summed E-state index contributed by atoms with van der Waals surface area (Å²) in [7, 11) is 1.43. The second-order valence-electron chi connectivity index (χ2n) is 6.62. The highest BCUT2D eigenvalue weighted by molar-refractivity contribution is 14.1. The number of hydrogen-bond donors (Lipinski definition) is 4. The molecule has 5 N–H and O–H groups in total. The van der Waals surface area contributed by atoms with Gasteiger partial charge >= 0.3 is 11.9 Å². The number of methoxy groups -OCH3 is 1. The lowest BCUT2D eigenvalue weighted by molar-refractivity contribution is 0.0695. The molecule has 3 rings (SSSR count). The highest BCUT2D eigenvalue weighted by Gasteiger charge is 2.28. The van der Waals surface area contributed by atoms with E-state index in [-0.39, 0.29) is 17.2 Å². The van der Waals surface area contributed by atoms with E-state index >= 15 is 0 Å². The van der Waals surface area contributed by atoms with E-state index < -0.39 is 34.4 Å². The molecule has 10 heteroatoms. The fraction of sp³-hybridized carbons (Fsp3) is 0.316. The normalized spacial score (nSPS) is 14.0. The Balaban J connectivity index is 2.25. The van der Waals surface area contributed by atoms with Crippen LogP contribution >= 0.6 is 22.6 Å². The predicted octanol–water partition coefficient (Wildman–Crippen LogP) is 2.96. The van der Waals surface area contributed by atoms with E-state index in [0.29, 0.717) is 15.1 Å². The number of aromatic nitrogens is 1. The van der Waals surface area contributed by atoms with Gasteiger partial charge < -0.3 is 30.4 Å². The third-order valence-electron chi connectivity index (χ3n) is 4.78. The summed E-state index contributed by atoms with van der Waals surface area (Å²) in [6.45, 7) is 0. The Bertz CT molecular complexity index is 1040. The quantitative estimate of drug-likeness (QED) is 0.430. The molecule has 0 spiro atoms. The second-order valence-corrected chi connectivity index (χ2v) is 7.78. The van der Waals surface area contributed by atoms with Crippen LogP contribution in [0.5, 0.6) is 11.5 Å². The maximum Gasteiger partial charge on any atom is 0.342 e. The molecule has 29 heavy (non-hydrogen) atoms. The molecule has 1 aromatic carbocycles. The zero-order chi connectivity index (χ0) is 21.3. The van der Waals surface area contributed by atoms with E-state index in [4.69, 9.17) is 15.2 Å². The van der Waals surface area contributed by atoms with Crippen LogP contribution in [-0.2, 0) is 0 Å². The minimum absolute atomic E-state index is 0.0580. The first kappa shape index (κ1) is 21.0. The van der Waals surface area contributed by atoms with Gasteiger partial charge in [-0.05, 0) is 66.0 Å². The first-order chi connectivity index (χ1) is 13.7. The average Bonchev–Trinajstić information content (AvgIpc) is 3.14. The van der Waals surface area contributed by atoms with Gasteiger partial charge in [0.15, 0.2) is 11.5 Å². The van der Waals surface area contributed by atoms with Gasteiger partial charge in [0, 0.05) is 5.56 Å². The zero-order valence-corrected chi connectivity index (χ0v) is 17.6. The Kier molecular flexibility index (Phi) is 6.01. The van der Waals surface area contributed by atoms with E-state index in [2.05, 4.69) is 4.98 Å². The number of nitrogens with one attached hydrogen (secondary N) is 1. The number of halogens is 1. The van der Waals surface area contributed by atoms with Crippen molar-refractivity contribution in [2.24, 2.45) is 0 Å². The number of carbonyl (C=O) groups is 2. The maximum absolute atomic E-state index is 12.2. The highest BCUT2D eigenvalue weighted by Crippen LogP contribution is 2.41. The van der Waals surface area contributed by atoms with Crippen LogP contribution in [0.2, 0.25) is 0 Å². The molecule has 1 fully saturated rings. The monoisotopic (exact) mass is 514 g/mol. The van der Waals surface area contributed by atoms with E-state index in [1.54, 1.807) is 6.07 Å². The number of pyridine rings is 1. The first-order valence-electron chi connectivity index (χ1n) is 8.81. The predicted molar refractivity (Wildman–Crippen MR) is 113 cm³/mol. The summed E-state index contributed by atoms with van der Waals surface area (Å²) >= 11 is 2.01. The molecule has 0 aliphatic heterocycles. The Hall–Kier alpha value is -2.76. The summed E-state index contributed by atoms with van der Waals surface area (Å²) in [5.41, 5.74) is 3.39. The molecule has 1 aliphatic rings. The van der Waals surface area contributed by atoms with Crippen molar-refractivity contribution in [1.29, 1.82) is 0 Å². The molecule has 0 bridgehead atoms. The largest absolute Gasteiger partial charge is 0.493 e. The number of anilines is 1. The van der Waals surface area contributed by atoms with Crippen LogP contribution in [0.3, 0.4) is 0 Å². The topological polar surface area (TPSA) is 152 Å². The molecule has 1 saturated carbocycles. The van der Waals surface area contributed by atoms with Crippen molar-refractivity contribution in [2.75, 3.05) is 12.8 Å². The lowest BCUT2D eigenvalue weighted by Crippen LogP contribution is -2.24. The summed E-state index contributed by atoms with van der Waals surface area (Å²) in [5, 5.41) is 19.1. The number of carboxylic acid groups (broad SMARTS) is 2. The molecule has 154 valence electrons. The van der Waals surface area contributed by atoms with Crippen LogP contribution in [0.1, 0.15) is 46.4 Å². The number of benzene rings is 1. The van der Waals surface area contributed by atoms with Gasteiger partial charge in [0.2, 0.25) is 0 Å². The molecule has 2 aromatic rings. The minimum atomic E-state index is -1.57. The fourth-order valence-electron chi connectivity index (χ4n) is 3.49. The summed E-state index contributed by atoms with van der Waals surface area (Å²) in [6, 6.07) is 3.01. The molecule has 0 unspecified atom stereocenters. The standard InChI is InChI=1S/C19H19IN2O7/c1-28-11-7-8(6-10(20)15(11)29-9-4-2-3-5-9)12-13(18(24)25)16(21)22-17(23)14(12)19(26)27/h6-7,9H,2-5H2,1H3,(H,24,25)(H,26,27)(H3,21,22,23). The number of rotatable bonds is 6. The first-order valence-corrected chi connectivity index (χ1v) is 9.89. The van der Waals surface area contributed by atoms with Crippen molar-refractivity contribution >= 4 is 40.3 Å². The summed E-state index contributed by atoms with van der Waals surface area (Å²) < 4.78 is 12.1. The molecule has 0 atom stereocenters. The summed E-state index contributed by atoms with van der Waals surface area (Å²) in [5.74, 6) is -2.65. The Labute approximate surface area is 179 Å². The zero-order valence-electron chi connectivity index (χ0n) is 15.5. The molecular weight excluding hydrogens is 495 g/mol. The van der Waals surface area contributed by atoms with E-state index in [9.17, 15) is 24.6 Å². The third kappa shape index (κ3) is 4.02. The Morgan fingerprint density at radius 3 is 2.34 bits per heavy atom. The Morgan fingerprint density at radius 1 is 1.17 bits per heavy atom. The SMILES string of the molecule is COc1cc(-c2c(C(=O)O)c(N)[nH]c(=O)c2C(=O)O)cc(I)c1OC1CCCC1. The van der Waals surface area contributed by atoms with Gasteiger partial charge in [0.25, 0.3) is 5.56 Å². The maximum atomic E-state index is 12.2. The number of carboxylic acids is 2. The molecular formula is C19H19IN2O7. The van der Waals surface area contributed by atoms with Gasteiger partial charge in [-0.2, -0.15) is 0 Å². The molecule has 0 radical (unpaired) electrons. The molecule has 1 aliphatic carbocycles. The van der Waals surface area contributed by atoms with Gasteiger partial charge in [0.05, 0.1) is 16.8 Å². The lowest BCUT2D eigenvalue weighted by atomic mass is 9.95. The molecule has 1 heterocycles. The van der Waals surface area contributed by atoms with Gasteiger partial charge in [-0.1, -0.05) is 0 Å². The number of ether oxygens (including phenoxy) is 2. The lowest BCUT2D eigenvalue weighted by Gasteiger charge is -2.19. The number of nitrogens with two attached hydrogens (primary N) is 1. The summed E-state index contributed by atoms with van der Waals surface area (Å²) in [4.78, 5) is 37.8. The number of aromatic amines is 1.